The quantitative estimate of drug-likeness (QED) is 0.706. The van der Waals surface area contributed by atoms with Gasteiger partial charge in [-0.2, -0.15) is 0 Å². The Hall–Kier alpha value is -1.12. The van der Waals surface area contributed by atoms with E-state index in [-0.39, 0.29) is 0 Å². The molecule has 1 aromatic heterocycles. The van der Waals surface area contributed by atoms with Crippen molar-refractivity contribution >= 4 is 5.82 Å². The number of nitrogens with zero attached hydrogens (tertiary/aromatic N) is 2. The molecule has 1 heterocycles. The first-order valence-corrected chi connectivity index (χ1v) is 5.36. The van der Waals surface area contributed by atoms with Gasteiger partial charge in [-0.05, 0) is 12.8 Å². The van der Waals surface area contributed by atoms with Gasteiger partial charge in [0.2, 0.25) is 0 Å². The van der Waals surface area contributed by atoms with E-state index in [2.05, 4.69) is 22.2 Å². The Morgan fingerprint density at radius 2 is 1.93 bits per heavy atom. The van der Waals surface area contributed by atoms with E-state index < -0.39 is 0 Å². The van der Waals surface area contributed by atoms with E-state index >= 15 is 0 Å². The van der Waals surface area contributed by atoms with Crippen LogP contribution in [-0.4, -0.2) is 17.0 Å². The van der Waals surface area contributed by atoms with Crippen molar-refractivity contribution in [1.82, 2.24) is 9.97 Å². The van der Waals surface area contributed by atoms with Crippen LogP contribution in [0.25, 0.3) is 0 Å². The molecule has 0 fully saturated rings. The summed E-state index contributed by atoms with van der Waals surface area (Å²) in [7, 11) is 1.89. The number of nitrogens with one attached hydrogen (secondary N) is 1. The maximum atomic E-state index is 4.32. The highest BCUT2D eigenvalue weighted by atomic mass is 15.0. The average molecular weight is 193 g/mol. The molecule has 0 aliphatic carbocycles. The number of anilines is 1. The molecule has 0 aliphatic heterocycles. The Kier molecular flexibility index (Phi) is 4.97. The third kappa shape index (κ3) is 3.32. The van der Waals surface area contributed by atoms with Crippen molar-refractivity contribution in [3.05, 3.63) is 18.1 Å². The van der Waals surface area contributed by atoms with Crippen LogP contribution in [-0.2, 0) is 6.42 Å². The summed E-state index contributed by atoms with van der Waals surface area (Å²) in [5.74, 6) is 0.920. The summed E-state index contributed by atoms with van der Waals surface area (Å²) in [5, 5.41) is 3.06. The molecule has 0 aromatic carbocycles. The van der Waals surface area contributed by atoms with Crippen LogP contribution < -0.4 is 5.32 Å². The van der Waals surface area contributed by atoms with Crippen LogP contribution in [0, 0.1) is 0 Å². The van der Waals surface area contributed by atoms with E-state index in [1.54, 1.807) is 12.4 Å². The summed E-state index contributed by atoms with van der Waals surface area (Å²) in [5.41, 5.74) is 1.09. The summed E-state index contributed by atoms with van der Waals surface area (Å²) in [4.78, 5) is 8.54. The number of unbranched alkanes of at least 4 members (excludes halogenated alkanes) is 3. The summed E-state index contributed by atoms with van der Waals surface area (Å²) in [6, 6.07) is 0. The van der Waals surface area contributed by atoms with Crippen LogP contribution in [0.4, 0.5) is 5.82 Å². The van der Waals surface area contributed by atoms with Crippen molar-refractivity contribution < 1.29 is 0 Å². The molecular formula is C11H19N3. The molecule has 14 heavy (non-hydrogen) atoms. The molecular weight excluding hydrogens is 174 g/mol. The largest absolute Gasteiger partial charge is 0.372 e. The minimum atomic E-state index is 0.920. The number of hydrogen-bond acceptors (Lipinski definition) is 3. The first kappa shape index (κ1) is 11.0. The van der Waals surface area contributed by atoms with E-state index in [4.69, 9.17) is 0 Å². The van der Waals surface area contributed by atoms with E-state index in [1.807, 2.05) is 7.05 Å². The summed E-state index contributed by atoms with van der Waals surface area (Å²) in [6.07, 6.45) is 9.60. The zero-order valence-corrected chi connectivity index (χ0v) is 9.08. The topological polar surface area (TPSA) is 37.8 Å². The van der Waals surface area contributed by atoms with Crippen molar-refractivity contribution in [2.45, 2.75) is 39.0 Å². The van der Waals surface area contributed by atoms with Crippen molar-refractivity contribution in [3.63, 3.8) is 0 Å². The Morgan fingerprint density at radius 1 is 1.14 bits per heavy atom. The van der Waals surface area contributed by atoms with Gasteiger partial charge in [0.25, 0.3) is 0 Å². The lowest BCUT2D eigenvalue weighted by molar-refractivity contribution is 0.660. The van der Waals surface area contributed by atoms with Gasteiger partial charge >= 0.3 is 0 Å². The number of aryl methyl sites for hydroxylation is 1. The highest BCUT2D eigenvalue weighted by Gasteiger charge is 2.01. The third-order valence-corrected chi connectivity index (χ3v) is 2.28. The molecule has 1 aromatic rings. The maximum absolute atomic E-state index is 4.32. The lowest BCUT2D eigenvalue weighted by atomic mass is 10.1. The monoisotopic (exact) mass is 193 g/mol. The second-order valence-electron chi connectivity index (χ2n) is 3.41. The van der Waals surface area contributed by atoms with Crippen LogP contribution in [0.15, 0.2) is 12.4 Å². The number of hydrogen-bond donors (Lipinski definition) is 1. The molecule has 0 aliphatic rings. The highest BCUT2D eigenvalue weighted by molar-refractivity contribution is 5.38. The predicted molar refractivity (Wildman–Crippen MR) is 59.4 cm³/mol. The molecule has 1 rings (SSSR count). The smallest absolute Gasteiger partial charge is 0.147 e. The zero-order valence-electron chi connectivity index (χ0n) is 9.08. The Balaban J connectivity index is 2.41. The molecule has 0 atom stereocenters. The van der Waals surface area contributed by atoms with Crippen LogP contribution >= 0.6 is 0 Å². The predicted octanol–water partition coefficient (Wildman–Crippen LogP) is 2.64. The molecule has 0 radical (unpaired) electrons. The van der Waals surface area contributed by atoms with Gasteiger partial charge in [0, 0.05) is 19.4 Å². The number of aromatic nitrogens is 2. The molecule has 0 bridgehead atoms. The fraction of sp³-hybridized carbons (Fsp3) is 0.636. The van der Waals surface area contributed by atoms with Gasteiger partial charge in [-0.1, -0.05) is 26.2 Å². The molecule has 78 valence electrons. The molecule has 0 spiro atoms. The minimum absolute atomic E-state index is 0.920. The Bertz CT molecular complexity index is 260. The Morgan fingerprint density at radius 3 is 2.64 bits per heavy atom. The lowest BCUT2D eigenvalue weighted by Gasteiger charge is -2.05. The fourth-order valence-corrected chi connectivity index (χ4v) is 1.48. The molecule has 3 heteroatoms. The zero-order chi connectivity index (χ0) is 10.2. The van der Waals surface area contributed by atoms with E-state index in [0.717, 1.165) is 17.9 Å². The van der Waals surface area contributed by atoms with Gasteiger partial charge in [-0.25, -0.2) is 4.98 Å². The van der Waals surface area contributed by atoms with Crippen molar-refractivity contribution in [1.29, 1.82) is 0 Å². The molecule has 1 N–H and O–H groups in total. The second-order valence-corrected chi connectivity index (χ2v) is 3.41. The van der Waals surface area contributed by atoms with Crippen molar-refractivity contribution in [3.8, 4) is 0 Å². The van der Waals surface area contributed by atoms with E-state index in [0.29, 0.717) is 0 Å². The maximum Gasteiger partial charge on any atom is 0.147 e. The van der Waals surface area contributed by atoms with Crippen LogP contribution in [0.2, 0.25) is 0 Å². The molecule has 0 saturated heterocycles. The normalized spacial score (nSPS) is 10.1. The van der Waals surface area contributed by atoms with Crippen LogP contribution in [0.5, 0.6) is 0 Å². The summed E-state index contributed by atoms with van der Waals surface area (Å²) < 4.78 is 0. The number of rotatable bonds is 6. The van der Waals surface area contributed by atoms with Gasteiger partial charge in [-0.15, -0.1) is 0 Å². The molecule has 0 unspecified atom stereocenters. The first-order valence-electron chi connectivity index (χ1n) is 5.36. The molecule has 3 nitrogen and oxygen atoms in total. The standard InChI is InChI=1S/C11H19N3/c1-3-4-5-6-7-10-11(12-2)14-9-8-13-10/h8-9H,3-7H2,1-2H3,(H,12,14). The highest BCUT2D eigenvalue weighted by Crippen LogP contribution is 2.11. The SMILES string of the molecule is CCCCCCc1nccnc1NC. The van der Waals surface area contributed by atoms with Crippen molar-refractivity contribution in [2.24, 2.45) is 0 Å². The van der Waals surface area contributed by atoms with Crippen molar-refractivity contribution in [2.75, 3.05) is 12.4 Å². The van der Waals surface area contributed by atoms with E-state index in [1.165, 1.54) is 25.7 Å². The molecule has 0 saturated carbocycles. The molecule has 0 amide bonds. The van der Waals surface area contributed by atoms with Crippen LogP contribution in [0.1, 0.15) is 38.3 Å². The second kappa shape index (κ2) is 6.35. The fourth-order valence-electron chi connectivity index (χ4n) is 1.48. The summed E-state index contributed by atoms with van der Waals surface area (Å²) >= 11 is 0. The first-order chi connectivity index (χ1) is 6.88. The van der Waals surface area contributed by atoms with Gasteiger partial charge in [-0.3, -0.25) is 4.98 Å². The van der Waals surface area contributed by atoms with Gasteiger partial charge < -0.3 is 5.32 Å². The lowest BCUT2D eigenvalue weighted by Crippen LogP contribution is -2.00. The van der Waals surface area contributed by atoms with Crippen LogP contribution in [0.3, 0.4) is 0 Å². The van der Waals surface area contributed by atoms with Gasteiger partial charge in [0.1, 0.15) is 5.82 Å². The third-order valence-electron chi connectivity index (χ3n) is 2.28. The van der Waals surface area contributed by atoms with E-state index in [9.17, 15) is 0 Å². The summed E-state index contributed by atoms with van der Waals surface area (Å²) in [6.45, 7) is 2.22. The van der Waals surface area contributed by atoms with Gasteiger partial charge in [0.15, 0.2) is 0 Å². The van der Waals surface area contributed by atoms with Gasteiger partial charge in [0.05, 0.1) is 5.69 Å². The Labute approximate surface area is 86.0 Å². The minimum Gasteiger partial charge on any atom is -0.372 e. The average Bonchev–Trinajstić information content (AvgIpc) is 2.25.